The molecule has 1 amide bonds. The Bertz CT molecular complexity index is 524. The molecule has 0 fully saturated rings. The minimum absolute atomic E-state index is 0.105. The van der Waals surface area contributed by atoms with E-state index in [9.17, 15) is 14.0 Å². The number of benzene rings is 1. The number of unbranched alkanes of at least 4 members (excludes halogenated alkanes) is 2. The van der Waals surface area contributed by atoms with Gasteiger partial charge in [0.2, 0.25) is 0 Å². The van der Waals surface area contributed by atoms with Gasteiger partial charge in [-0.1, -0.05) is 18.0 Å². The maximum atomic E-state index is 12.9. The van der Waals surface area contributed by atoms with E-state index in [1.807, 2.05) is 0 Å². The molecule has 7 heteroatoms. The van der Waals surface area contributed by atoms with E-state index in [0.29, 0.717) is 19.4 Å². The zero-order valence-electron chi connectivity index (χ0n) is 12.3. The third-order valence-electron chi connectivity index (χ3n) is 2.93. The van der Waals surface area contributed by atoms with Crippen LogP contribution in [0.2, 0.25) is 5.02 Å². The summed E-state index contributed by atoms with van der Waals surface area (Å²) < 4.78 is 18.3. The van der Waals surface area contributed by atoms with Crippen molar-refractivity contribution in [1.82, 2.24) is 5.32 Å². The van der Waals surface area contributed by atoms with Crippen molar-refractivity contribution in [2.75, 3.05) is 6.54 Å². The van der Waals surface area contributed by atoms with Crippen LogP contribution in [0.25, 0.3) is 0 Å². The van der Waals surface area contributed by atoms with Gasteiger partial charge in [-0.2, -0.15) is 0 Å². The Kier molecular flexibility index (Phi) is 7.66. The van der Waals surface area contributed by atoms with E-state index in [1.54, 1.807) is 6.92 Å². The molecule has 2 N–H and O–H groups in total. The van der Waals surface area contributed by atoms with Gasteiger partial charge < -0.3 is 15.2 Å². The fraction of sp³-hybridized carbons (Fsp3) is 0.467. The van der Waals surface area contributed by atoms with Gasteiger partial charge in [-0.3, -0.25) is 9.59 Å². The van der Waals surface area contributed by atoms with Crippen molar-refractivity contribution in [1.29, 1.82) is 0 Å². The Hall–Kier alpha value is -1.82. The minimum atomic E-state index is -0.817. The molecule has 1 aromatic carbocycles. The molecule has 1 unspecified atom stereocenters. The Morgan fingerprint density at radius 2 is 2.09 bits per heavy atom. The van der Waals surface area contributed by atoms with E-state index < -0.39 is 17.9 Å². The number of hydrogen-bond acceptors (Lipinski definition) is 3. The third-order valence-corrected chi connectivity index (χ3v) is 3.23. The maximum Gasteiger partial charge on any atom is 0.303 e. The molecule has 0 aromatic heterocycles. The second kappa shape index (κ2) is 9.25. The zero-order chi connectivity index (χ0) is 16.5. The first kappa shape index (κ1) is 18.2. The molecule has 5 nitrogen and oxygen atoms in total. The summed E-state index contributed by atoms with van der Waals surface area (Å²) in [5.74, 6) is -1.36. The van der Waals surface area contributed by atoms with Crippen LogP contribution in [0.5, 0.6) is 5.75 Å². The predicted octanol–water partition coefficient (Wildman–Crippen LogP) is 3.01. The molecule has 0 saturated heterocycles. The van der Waals surface area contributed by atoms with Crippen molar-refractivity contribution >= 4 is 23.5 Å². The van der Waals surface area contributed by atoms with Crippen LogP contribution in [-0.2, 0) is 9.59 Å². The number of carboxylic acid groups (broad SMARTS) is 1. The van der Waals surface area contributed by atoms with Gasteiger partial charge in [0.15, 0.2) is 6.10 Å². The first-order valence-electron chi connectivity index (χ1n) is 7.01. The average molecular weight is 332 g/mol. The van der Waals surface area contributed by atoms with Gasteiger partial charge in [0.1, 0.15) is 11.6 Å². The van der Waals surface area contributed by atoms with E-state index in [4.69, 9.17) is 21.4 Å². The zero-order valence-corrected chi connectivity index (χ0v) is 13.0. The van der Waals surface area contributed by atoms with Crippen molar-refractivity contribution in [3.8, 4) is 5.75 Å². The van der Waals surface area contributed by atoms with E-state index in [1.165, 1.54) is 12.1 Å². The first-order valence-corrected chi connectivity index (χ1v) is 7.39. The number of hydrogen-bond donors (Lipinski definition) is 2. The molecule has 0 aliphatic heterocycles. The minimum Gasteiger partial charge on any atom is -0.481 e. The fourth-order valence-electron chi connectivity index (χ4n) is 1.75. The summed E-state index contributed by atoms with van der Waals surface area (Å²) in [5.41, 5.74) is 0. The number of carbonyl (C=O) groups is 2. The lowest BCUT2D eigenvalue weighted by atomic mass is 10.2. The molecule has 22 heavy (non-hydrogen) atoms. The monoisotopic (exact) mass is 331 g/mol. The third kappa shape index (κ3) is 6.76. The Balaban J connectivity index is 2.28. The molecular weight excluding hydrogens is 313 g/mol. The molecule has 0 aliphatic rings. The molecule has 1 aromatic rings. The summed E-state index contributed by atoms with van der Waals surface area (Å²) >= 11 is 5.82. The van der Waals surface area contributed by atoms with Crippen molar-refractivity contribution < 1.29 is 23.8 Å². The molecule has 1 rings (SSSR count). The number of rotatable bonds is 9. The summed E-state index contributed by atoms with van der Waals surface area (Å²) in [7, 11) is 0. The smallest absolute Gasteiger partial charge is 0.303 e. The number of nitrogens with one attached hydrogen (secondary N) is 1. The number of carbonyl (C=O) groups excluding carboxylic acids is 1. The Labute approximate surface area is 133 Å². The SMILES string of the molecule is CC(Oc1ccc(F)cc1Cl)C(=O)NCCCCCC(=O)O. The number of ether oxygens (including phenoxy) is 1. The highest BCUT2D eigenvalue weighted by atomic mass is 35.5. The molecule has 0 bridgehead atoms. The molecule has 122 valence electrons. The number of carboxylic acids is 1. The van der Waals surface area contributed by atoms with Crippen LogP contribution in [0.4, 0.5) is 4.39 Å². The standard InChI is InChI=1S/C15H19ClFNO4/c1-10(22-13-7-6-11(17)9-12(13)16)15(21)18-8-4-2-3-5-14(19)20/h6-7,9-10H,2-5,8H2,1H3,(H,18,21)(H,19,20). The lowest BCUT2D eigenvalue weighted by Gasteiger charge is -2.15. The summed E-state index contributed by atoms with van der Waals surface area (Å²) in [6.07, 6.45) is 1.38. The van der Waals surface area contributed by atoms with Gasteiger partial charge in [0.05, 0.1) is 5.02 Å². The lowest BCUT2D eigenvalue weighted by molar-refractivity contribution is -0.137. The molecule has 0 radical (unpaired) electrons. The van der Waals surface area contributed by atoms with E-state index in [0.717, 1.165) is 12.5 Å². The Morgan fingerprint density at radius 1 is 1.36 bits per heavy atom. The van der Waals surface area contributed by atoms with Crippen LogP contribution in [0.1, 0.15) is 32.6 Å². The summed E-state index contributed by atoms with van der Waals surface area (Å²) in [5, 5.41) is 11.3. The van der Waals surface area contributed by atoms with Crippen LogP contribution in [0.15, 0.2) is 18.2 Å². The van der Waals surface area contributed by atoms with Crippen LogP contribution < -0.4 is 10.1 Å². The van der Waals surface area contributed by atoms with Gasteiger partial charge in [-0.15, -0.1) is 0 Å². The second-order valence-electron chi connectivity index (χ2n) is 4.83. The first-order chi connectivity index (χ1) is 10.4. The van der Waals surface area contributed by atoms with Crippen LogP contribution in [-0.4, -0.2) is 29.6 Å². The van der Waals surface area contributed by atoms with Crippen LogP contribution in [0, 0.1) is 5.82 Å². The van der Waals surface area contributed by atoms with E-state index in [2.05, 4.69) is 5.32 Å². The van der Waals surface area contributed by atoms with Gasteiger partial charge >= 0.3 is 5.97 Å². The molecule has 0 spiro atoms. The largest absolute Gasteiger partial charge is 0.481 e. The number of halogens is 2. The molecule has 0 saturated carbocycles. The summed E-state index contributed by atoms with van der Waals surface area (Å²) in [6.45, 7) is 2.02. The van der Waals surface area contributed by atoms with E-state index >= 15 is 0 Å². The highest BCUT2D eigenvalue weighted by Gasteiger charge is 2.15. The lowest BCUT2D eigenvalue weighted by Crippen LogP contribution is -2.36. The molecular formula is C15H19ClFNO4. The van der Waals surface area contributed by atoms with Crippen molar-refractivity contribution in [2.45, 2.75) is 38.7 Å². The summed E-state index contributed by atoms with van der Waals surface area (Å²) in [4.78, 5) is 22.2. The molecule has 0 aliphatic carbocycles. The quantitative estimate of drug-likeness (QED) is 0.682. The molecule has 0 heterocycles. The van der Waals surface area contributed by atoms with Crippen LogP contribution in [0.3, 0.4) is 0 Å². The van der Waals surface area contributed by atoms with Gasteiger partial charge in [-0.25, -0.2) is 4.39 Å². The predicted molar refractivity (Wildman–Crippen MR) is 80.6 cm³/mol. The van der Waals surface area contributed by atoms with Gasteiger partial charge in [0.25, 0.3) is 5.91 Å². The highest BCUT2D eigenvalue weighted by Crippen LogP contribution is 2.25. The summed E-state index contributed by atoms with van der Waals surface area (Å²) in [6, 6.07) is 3.69. The van der Waals surface area contributed by atoms with Gasteiger partial charge in [-0.05, 0) is 38.0 Å². The van der Waals surface area contributed by atoms with Crippen LogP contribution >= 0.6 is 11.6 Å². The highest BCUT2D eigenvalue weighted by molar-refractivity contribution is 6.32. The number of aliphatic carboxylic acids is 1. The maximum absolute atomic E-state index is 12.9. The van der Waals surface area contributed by atoms with Crippen molar-refractivity contribution in [2.24, 2.45) is 0 Å². The number of amides is 1. The van der Waals surface area contributed by atoms with Gasteiger partial charge in [0, 0.05) is 13.0 Å². The average Bonchev–Trinajstić information content (AvgIpc) is 2.45. The molecule has 1 atom stereocenters. The fourth-order valence-corrected chi connectivity index (χ4v) is 1.96. The second-order valence-corrected chi connectivity index (χ2v) is 5.24. The Morgan fingerprint density at radius 3 is 2.73 bits per heavy atom. The van der Waals surface area contributed by atoms with Crippen molar-refractivity contribution in [3.63, 3.8) is 0 Å². The normalized spacial score (nSPS) is 11.8. The van der Waals surface area contributed by atoms with E-state index in [-0.39, 0.29) is 23.1 Å². The topological polar surface area (TPSA) is 75.6 Å². The van der Waals surface area contributed by atoms with Crippen molar-refractivity contribution in [3.05, 3.63) is 29.0 Å².